The molecule has 2 rings (SSSR count). The van der Waals surface area contributed by atoms with Gasteiger partial charge >= 0.3 is 97.3 Å². The Morgan fingerprint density at radius 2 is 1.94 bits per heavy atom. The molecule has 1 atom stereocenters. The molecule has 1 heterocycles. The van der Waals surface area contributed by atoms with E-state index in [0.29, 0.717) is 0 Å². The van der Waals surface area contributed by atoms with Crippen LogP contribution in [0.5, 0.6) is 5.75 Å². The maximum absolute atomic E-state index is 5.11. The molecule has 1 aromatic carbocycles. The Labute approximate surface area is 110 Å². The molecule has 86 valence electrons. The average molecular weight is 301 g/mol. The number of ether oxygens (including phenoxy) is 1. The van der Waals surface area contributed by atoms with E-state index in [-0.39, 0.29) is 12.4 Å². The van der Waals surface area contributed by atoms with Gasteiger partial charge in [-0.2, -0.15) is 0 Å². The van der Waals surface area contributed by atoms with Crippen molar-refractivity contribution < 1.29 is 4.74 Å². The van der Waals surface area contributed by atoms with Crippen molar-refractivity contribution in [3.8, 4) is 5.75 Å². The number of halogens is 1. The molecule has 0 radical (unpaired) electrons. The minimum absolute atomic E-state index is 0. The van der Waals surface area contributed by atoms with Crippen LogP contribution in [-0.4, -0.2) is 33.7 Å². The summed E-state index contributed by atoms with van der Waals surface area (Å²) in [6.07, 6.45) is 1.83. The summed E-state index contributed by atoms with van der Waals surface area (Å²) in [6, 6.07) is 10.1. The van der Waals surface area contributed by atoms with Crippen LogP contribution in [0.2, 0.25) is 0 Å². The van der Waals surface area contributed by atoms with E-state index in [2.05, 4.69) is 17.2 Å². The van der Waals surface area contributed by atoms with Crippen molar-refractivity contribution in [2.24, 2.45) is 0 Å². The summed E-state index contributed by atoms with van der Waals surface area (Å²) in [5.41, 5.74) is 1.23. The molecule has 0 N–H and O–H groups in total. The summed E-state index contributed by atoms with van der Waals surface area (Å²) < 4.78 is 8.35. The van der Waals surface area contributed by atoms with Crippen molar-refractivity contribution in [1.29, 1.82) is 0 Å². The molecule has 2 aromatic rings. The molecule has 3 nitrogen and oxygen atoms in total. The maximum atomic E-state index is 5.11. The van der Waals surface area contributed by atoms with Gasteiger partial charge in [0.05, 0.1) is 0 Å². The molecule has 0 saturated carbocycles. The first-order valence-electron chi connectivity index (χ1n) is 4.70. The zero-order valence-corrected chi connectivity index (χ0v) is 12.2. The van der Waals surface area contributed by atoms with Crippen LogP contribution in [0.15, 0.2) is 36.5 Å². The van der Waals surface area contributed by atoms with Gasteiger partial charge in [-0.1, -0.05) is 0 Å². The fourth-order valence-electron chi connectivity index (χ4n) is 1.38. The van der Waals surface area contributed by atoms with Crippen molar-refractivity contribution in [2.45, 2.75) is 6.54 Å². The molecule has 0 spiro atoms. The Morgan fingerprint density at radius 1 is 1.25 bits per heavy atom. The zero-order chi connectivity index (χ0) is 10.7. The van der Waals surface area contributed by atoms with E-state index < -0.39 is 0 Å². The molecule has 0 bridgehead atoms. The normalized spacial score (nSPS) is 9.62. The van der Waals surface area contributed by atoms with E-state index in [0.717, 1.165) is 12.3 Å². The first kappa shape index (κ1) is 13.1. The van der Waals surface area contributed by atoms with E-state index in [4.69, 9.17) is 4.74 Å². The smallest absolute Gasteiger partial charge is 0.147 e. The van der Waals surface area contributed by atoms with Crippen molar-refractivity contribution in [1.82, 2.24) is 9.78 Å². The largest absolute Gasteiger partial charge is 0.147 e. The van der Waals surface area contributed by atoms with Crippen LogP contribution >= 0.6 is 12.4 Å². The Morgan fingerprint density at radius 3 is 2.44 bits per heavy atom. The van der Waals surface area contributed by atoms with E-state index in [1.54, 1.807) is 24.0 Å². The van der Waals surface area contributed by atoms with Gasteiger partial charge in [-0.05, 0) is 0 Å². The fraction of sp³-hybridized carbons (Fsp3) is 0.182. The number of aromatic nitrogens is 2. The first-order chi connectivity index (χ1) is 7.29. The summed E-state index contributed by atoms with van der Waals surface area (Å²) in [4.78, 5) is 0. The number of benzene rings is 1. The SMILES string of the molecule is COc1ccc(Cn2nccc2[AsH2])cc1.Cl. The van der Waals surface area contributed by atoms with Gasteiger partial charge in [0.25, 0.3) is 0 Å². The van der Waals surface area contributed by atoms with Gasteiger partial charge < -0.3 is 0 Å². The molecule has 1 unspecified atom stereocenters. The Hall–Kier alpha value is -0.922. The van der Waals surface area contributed by atoms with Crippen LogP contribution < -0.4 is 9.22 Å². The van der Waals surface area contributed by atoms with Crippen LogP contribution in [0.1, 0.15) is 5.56 Å². The van der Waals surface area contributed by atoms with Crippen LogP contribution in [0, 0.1) is 0 Å². The number of nitrogens with zero attached hydrogens (tertiary/aromatic N) is 2. The minimum atomic E-state index is 0. The third kappa shape index (κ3) is 3.03. The average Bonchev–Trinajstić information content (AvgIpc) is 2.66. The van der Waals surface area contributed by atoms with Crippen LogP contribution in [-0.2, 0) is 6.54 Å². The Kier molecular flexibility index (Phi) is 4.91. The van der Waals surface area contributed by atoms with E-state index in [1.807, 2.05) is 29.1 Å². The summed E-state index contributed by atoms with van der Waals surface area (Å²) in [5.74, 6) is 0.889. The molecular formula is C11H14AsClN2O. The molecule has 0 fully saturated rings. The van der Waals surface area contributed by atoms with E-state index in [1.165, 1.54) is 10.0 Å². The standard InChI is InChI=1S/C11H13AsN2O.ClH/c1-15-10-4-2-9(3-5-10)8-14-11(12)6-7-13-14;/h2-7H,8,12H2,1H3;1H. The minimum Gasteiger partial charge on any atom is -0.147 e. The van der Waals surface area contributed by atoms with Gasteiger partial charge in [0.1, 0.15) is 0 Å². The van der Waals surface area contributed by atoms with Crippen molar-refractivity contribution >= 4 is 33.7 Å². The van der Waals surface area contributed by atoms with Crippen LogP contribution in [0.25, 0.3) is 0 Å². The molecule has 0 aliphatic carbocycles. The number of hydrogen-bond donors (Lipinski definition) is 0. The van der Waals surface area contributed by atoms with E-state index in [9.17, 15) is 0 Å². The predicted octanol–water partition coefficient (Wildman–Crippen LogP) is 0.620. The first-order valence-corrected chi connectivity index (χ1v) is 5.91. The molecule has 1 aromatic heterocycles. The molecular weight excluding hydrogens is 287 g/mol. The summed E-state index contributed by atoms with van der Waals surface area (Å²) in [7, 11) is 1.68. The fourth-order valence-corrected chi connectivity index (χ4v) is 1.89. The van der Waals surface area contributed by atoms with Gasteiger partial charge in [0, 0.05) is 0 Å². The summed E-state index contributed by atoms with van der Waals surface area (Å²) >= 11 is 1.59. The molecule has 0 saturated heterocycles. The Bertz CT molecular complexity index is 442. The van der Waals surface area contributed by atoms with E-state index >= 15 is 0 Å². The number of rotatable bonds is 3. The summed E-state index contributed by atoms with van der Waals surface area (Å²) in [6.45, 7) is 0.824. The quantitative estimate of drug-likeness (QED) is 0.777. The third-order valence-corrected chi connectivity index (χ3v) is 3.27. The second-order valence-corrected chi connectivity index (χ2v) is 4.50. The topological polar surface area (TPSA) is 27.1 Å². The predicted molar refractivity (Wildman–Crippen MR) is 69.7 cm³/mol. The van der Waals surface area contributed by atoms with Gasteiger partial charge in [-0.3, -0.25) is 0 Å². The van der Waals surface area contributed by atoms with Crippen LogP contribution in [0.3, 0.4) is 0 Å². The Balaban J connectivity index is 0.00000128. The summed E-state index contributed by atoms with van der Waals surface area (Å²) in [5, 5.41) is 4.25. The van der Waals surface area contributed by atoms with Gasteiger partial charge in [-0.25, -0.2) is 0 Å². The van der Waals surface area contributed by atoms with Crippen molar-refractivity contribution in [2.75, 3.05) is 7.11 Å². The van der Waals surface area contributed by atoms with Gasteiger partial charge in [0.15, 0.2) is 0 Å². The maximum Gasteiger partial charge on any atom is -0.147 e. The molecule has 5 heteroatoms. The van der Waals surface area contributed by atoms with Gasteiger partial charge in [-0.15, -0.1) is 12.4 Å². The molecule has 0 amide bonds. The zero-order valence-electron chi connectivity index (χ0n) is 8.96. The van der Waals surface area contributed by atoms with Gasteiger partial charge in [0.2, 0.25) is 0 Å². The van der Waals surface area contributed by atoms with Crippen LogP contribution in [0.4, 0.5) is 0 Å². The third-order valence-electron chi connectivity index (χ3n) is 2.24. The van der Waals surface area contributed by atoms with Crippen molar-refractivity contribution in [3.05, 3.63) is 42.1 Å². The van der Waals surface area contributed by atoms with Crippen molar-refractivity contribution in [3.63, 3.8) is 0 Å². The number of methoxy groups -OCH3 is 1. The monoisotopic (exact) mass is 300 g/mol. The molecule has 0 aliphatic heterocycles. The second kappa shape index (κ2) is 5.97. The second-order valence-electron chi connectivity index (χ2n) is 3.26. The molecule has 0 aliphatic rings. The number of hydrogen-bond acceptors (Lipinski definition) is 2. The molecule has 16 heavy (non-hydrogen) atoms.